The van der Waals surface area contributed by atoms with E-state index in [4.69, 9.17) is 4.74 Å². The van der Waals surface area contributed by atoms with Crippen LogP contribution < -0.4 is 0 Å². The van der Waals surface area contributed by atoms with Gasteiger partial charge in [0.05, 0.1) is 11.7 Å². The van der Waals surface area contributed by atoms with E-state index in [0.717, 1.165) is 16.7 Å². The molecule has 0 aliphatic carbocycles. The molecule has 0 saturated heterocycles. The predicted molar refractivity (Wildman–Crippen MR) is 66.5 cm³/mol. The number of phenolic OH excluding ortho intramolecular Hbond substituents is 2. The molecule has 1 aliphatic rings. The molecule has 0 fully saturated rings. The highest BCUT2D eigenvalue weighted by Crippen LogP contribution is 2.48. The van der Waals surface area contributed by atoms with Crippen LogP contribution in [0.5, 0.6) is 11.5 Å². The smallest absolute Gasteiger partial charge is 0.125 e. The molecule has 3 nitrogen and oxygen atoms in total. The van der Waals surface area contributed by atoms with Gasteiger partial charge in [0.15, 0.2) is 0 Å². The Morgan fingerprint density at radius 2 is 1.76 bits per heavy atom. The topological polar surface area (TPSA) is 49.7 Å². The fourth-order valence-electron chi connectivity index (χ4n) is 2.84. The number of rotatable bonds is 0. The fourth-order valence-corrected chi connectivity index (χ4v) is 2.84. The van der Waals surface area contributed by atoms with Gasteiger partial charge in [0, 0.05) is 17.5 Å². The summed E-state index contributed by atoms with van der Waals surface area (Å²) in [6.45, 7) is 9.87. The number of ether oxygens (including phenoxy) is 1. The van der Waals surface area contributed by atoms with Crippen LogP contribution in [-0.4, -0.2) is 16.3 Å². The average Bonchev–Trinajstić information content (AvgIpc) is 2.19. The van der Waals surface area contributed by atoms with E-state index in [1.165, 1.54) is 6.07 Å². The number of phenols is 2. The maximum absolute atomic E-state index is 10.1. The van der Waals surface area contributed by atoms with Crippen molar-refractivity contribution in [3.8, 4) is 11.5 Å². The predicted octanol–water partition coefficient (Wildman–Crippen LogP) is 3.16. The molecule has 0 saturated carbocycles. The Labute approximate surface area is 102 Å². The Balaban J connectivity index is 2.78. The van der Waals surface area contributed by atoms with Crippen LogP contribution in [0.4, 0.5) is 0 Å². The summed E-state index contributed by atoms with van der Waals surface area (Å²) in [6.07, 6.45) is 0.0670. The molecule has 3 heteroatoms. The van der Waals surface area contributed by atoms with Gasteiger partial charge in [0.25, 0.3) is 0 Å². The molecule has 0 radical (unpaired) electrons. The summed E-state index contributed by atoms with van der Waals surface area (Å²) in [5, 5.41) is 19.9. The highest BCUT2D eigenvalue weighted by atomic mass is 16.5. The van der Waals surface area contributed by atoms with E-state index in [1.54, 1.807) is 0 Å². The van der Waals surface area contributed by atoms with E-state index in [-0.39, 0.29) is 23.5 Å². The van der Waals surface area contributed by atoms with Gasteiger partial charge < -0.3 is 14.9 Å². The molecule has 0 spiro atoms. The number of fused-ring (bicyclic) bond motifs is 1. The van der Waals surface area contributed by atoms with Gasteiger partial charge in [-0.1, -0.05) is 6.92 Å². The molecule has 2 atom stereocenters. The summed E-state index contributed by atoms with van der Waals surface area (Å²) in [5.41, 5.74) is 2.14. The molecule has 94 valence electrons. The van der Waals surface area contributed by atoms with Crippen molar-refractivity contribution in [3.63, 3.8) is 0 Å². The largest absolute Gasteiger partial charge is 0.508 e. The van der Waals surface area contributed by atoms with Crippen LogP contribution in [0, 0.1) is 6.92 Å². The van der Waals surface area contributed by atoms with Crippen molar-refractivity contribution in [1.82, 2.24) is 0 Å². The summed E-state index contributed by atoms with van der Waals surface area (Å²) in [5.74, 6) is 0.431. The number of hydrogen-bond donors (Lipinski definition) is 2. The summed E-state index contributed by atoms with van der Waals surface area (Å²) >= 11 is 0. The maximum Gasteiger partial charge on any atom is 0.125 e. The fraction of sp³-hybridized carbons (Fsp3) is 0.571. The van der Waals surface area contributed by atoms with Gasteiger partial charge in [-0.05, 0) is 38.8 Å². The third-order valence-electron chi connectivity index (χ3n) is 3.83. The first-order valence-corrected chi connectivity index (χ1v) is 5.99. The SMILES string of the molecule is Cc1c(O)cc(O)c2c1C(C)C(C)OC2(C)C. The zero-order valence-corrected chi connectivity index (χ0v) is 11.0. The first-order valence-electron chi connectivity index (χ1n) is 5.99. The van der Waals surface area contributed by atoms with Crippen molar-refractivity contribution < 1.29 is 14.9 Å². The molecule has 0 bridgehead atoms. The minimum Gasteiger partial charge on any atom is -0.508 e. The van der Waals surface area contributed by atoms with E-state index in [0.29, 0.717) is 0 Å². The number of aromatic hydroxyl groups is 2. The van der Waals surface area contributed by atoms with E-state index < -0.39 is 5.60 Å². The summed E-state index contributed by atoms with van der Waals surface area (Å²) in [6, 6.07) is 1.40. The van der Waals surface area contributed by atoms with Crippen LogP contribution in [0.25, 0.3) is 0 Å². The first kappa shape index (κ1) is 12.2. The molecule has 2 N–H and O–H groups in total. The van der Waals surface area contributed by atoms with Gasteiger partial charge >= 0.3 is 0 Å². The lowest BCUT2D eigenvalue weighted by Crippen LogP contribution is -2.37. The minimum atomic E-state index is -0.524. The third-order valence-corrected chi connectivity index (χ3v) is 3.83. The summed E-state index contributed by atoms with van der Waals surface area (Å²) in [7, 11) is 0. The minimum absolute atomic E-state index is 0.0670. The zero-order valence-electron chi connectivity index (χ0n) is 11.0. The Morgan fingerprint density at radius 1 is 1.18 bits per heavy atom. The first-order chi connectivity index (χ1) is 7.75. The Hall–Kier alpha value is -1.22. The van der Waals surface area contributed by atoms with Crippen molar-refractivity contribution in [2.24, 2.45) is 0 Å². The standard InChI is InChI=1S/C14H20O3/c1-7-9(3)17-14(4,5)13-11(16)6-10(15)8(2)12(7)13/h6-7,9,15-16H,1-5H3. The van der Waals surface area contributed by atoms with Crippen LogP contribution in [0.1, 0.15) is 50.3 Å². The van der Waals surface area contributed by atoms with Gasteiger partial charge in [0.1, 0.15) is 11.5 Å². The molecule has 17 heavy (non-hydrogen) atoms. The van der Waals surface area contributed by atoms with E-state index in [9.17, 15) is 10.2 Å². The highest BCUT2D eigenvalue weighted by Gasteiger charge is 2.39. The molecule has 1 aromatic carbocycles. The second kappa shape index (κ2) is 3.64. The Kier molecular flexibility index (Phi) is 2.62. The molecule has 1 aliphatic heterocycles. The molecule has 0 amide bonds. The van der Waals surface area contributed by atoms with E-state index in [1.807, 2.05) is 27.7 Å². The normalized spacial score (nSPS) is 26.6. The molecular weight excluding hydrogens is 216 g/mol. The van der Waals surface area contributed by atoms with Gasteiger partial charge in [-0.25, -0.2) is 0 Å². The van der Waals surface area contributed by atoms with Crippen LogP contribution in [0.2, 0.25) is 0 Å². The second-order valence-corrected chi connectivity index (χ2v) is 5.45. The lowest BCUT2D eigenvalue weighted by atomic mass is 9.78. The number of benzene rings is 1. The van der Waals surface area contributed by atoms with Crippen LogP contribution in [0.15, 0.2) is 6.07 Å². The van der Waals surface area contributed by atoms with Gasteiger partial charge in [0.2, 0.25) is 0 Å². The van der Waals surface area contributed by atoms with Gasteiger partial charge in [-0.2, -0.15) is 0 Å². The average molecular weight is 236 g/mol. The van der Waals surface area contributed by atoms with Gasteiger partial charge in [-0.15, -0.1) is 0 Å². The summed E-state index contributed by atoms with van der Waals surface area (Å²) < 4.78 is 5.95. The molecule has 2 rings (SSSR count). The van der Waals surface area contributed by atoms with Crippen molar-refractivity contribution in [2.45, 2.75) is 52.2 Å². The van der Waals surface area contributed by atoms with Crippen molar-refractivity contribution in [1.29, 1.82) is 0 Å². The molecule has 1 heterocycles. The van der Waals surface area contributed by atoms with Gasteiger partial charge in [-0.3, -0.25) is 0 Å². The monoisotopic (exact) mass is 236 g/mol. The van der Waals surface area contributed by atoms with Crippen LogP contribution >= 0.6 is 0 Å². The van der Waals surface area contributed by atoms with Crippen molar-refractivity contribution in [2.75, 3.05) is 0 Å². The molecular formula is C14H20O3. The van der Waals surface area contributed by atoms with Crippen LogP contribution in [0.3, 0.4) is 0 Å². The van der Waals surface area contributed by atoms with E-state index in [2.05, 4.69) is 6.92 Å². The maximum atomic E-state index is 10.1. The van der Waals surface area contributed by atoms with Crippen LogP contribution in [-0.2, 0) is 10.3 Å². The third kappa shape index (κ3) is 1.69. The lowest BCUT2D eigenvalue weighted by molar-refractivity contribution is -0.0914. The lowest BCUT2D eigenvalue weighted by Gasteiger charge is -2.41. The molecule has 1 aromatic rings. The van der Waals surface area contributed by atoms with E-state index >= 15 is 0 Å². The molecule has 0 aromatic heterocycles. The van der Waals surface area contributed by atoms with Crippen molar-refractivity contribution >= 4 is 0 Å². The Bertz CT molecular complexity index is 463. The molecule has 2 unspecified atom stereocenters. The number of hydrogen-bond acceptors (Lipinski definition) is 3. The highest BCUT2D eigenvalue weighted by molar-refractivity contribution is 5.56. The Morgan fingerprint density at radius 3 is 2.35 bits per heavy atom. The quantitative estimate of drug-likeness (QED) is 0.727. The summed E-state index contributed by atoms with van der Waals surface area (Å²) in [4.78, 5) is 0. The second-order valence-electron chi connectivity index (χ2n) is 5.45. The zero-order chi connectivity index (χ0) is 13.0. The van der Waals surface area contributed by atoms with Crippen molar-refractivity contribution in [3.05, 3.63) is 22.8 Å².